The van der Waals surface area contributed by atoms with Crippen molar-refractivity contribution in [3.63, 3.8) is 0 Å². The van der Waals surface area contributed by atoms with Crippen molar-refractivity contribution in [3.05, 3.63) is 58.7 Å². The molecule has 0 unspecified atom stereocenters. The topological polar surface area (TPSA) is 12.5 Å². The maximum atomic E-state index is 5.37. The molecule has 0 N–H and O–H groups in total. The number of halogens is 1. The van der Waals surface area contributed by atoms with Gasteiger partial charge in [-0.15, -0.1) is 34.5 Å². The van der Waals surface area contributed by atoms with E-state index in [2.05, 4.69) is 46.3 Å². The van der Waals surface area contributed by atoms with Gasteiger partial charge in [-0.1, -0.05) is 28.2 Å². The van der Waals surface area contributed by atoms with Gasteiger partial charge < -0.3 is 9.64 Å². The van der Waals surface area contributed by atoms with Gasteiger partial charge in [0.2, 0.25) is 0 Å². The number of hydrogen-bond acceptors (Lipinski definition) is 2. The summed E-state index contributed by atoms with van der Waals surface area (Å²) in [4.78, 5) is 2.11. The van der Waals surface area contributed by atoms with Crippen molar-refractivity contribution < 1.29 is 37.4 Å². The minimum Gasteiger partial charge on any atom is -0.481 e. The molecule has 0 saturated carbocycles. The van der Waals surface area contributed by atoms with Crippen LogP contribution in [-0.2, 0) is 32.7 Å². The minimum absolute atomic E-state index is 0. The first-order chi connectivity index (χ1) is 9.67. The van der Waals surface area contributed by atoms with Gasteiger partial charge in [0.05, 0.1) is 0 Å². The average Bonchev–Trinajstić information content (AvgIpc) is 2.48. The molecule has 1 heterocycles. The van der Waals surface area contributed by atoms with Crippen molar-refractivity contribution in [2.75, 3.05) is 13.2 Å². The third-order valence-electron chi connectivity index (χ3n) is 2.97. The third kappa shape index (κ3) is 4.33. The monoisotopic (exact) mass is 417 g/mol. The van der Waals surface area contributed by atoms with Gasteiger partial charge in [-0.05, 0) is 24.8 Å². The van der Waals surface area contributed by atoms with Gasteiger partial charge in [-0.2, -0.15) is 12.2 Å². The number of allylic oxidation sites excluding steroid dienone is 3. The van der Waals surface area contributed by atoms with Gasteiger partial charge in [0, 0.05) is 39.3 Å². The first kappa shape index (κ1) is 18.2. The molecule has 1 aromatic rings. The van der Waals surface area contributed by atoms with Crippen LogP contribution in [-0.4, -0.2) is 18.1 Å². The molecule has 4 heteroatoms. The summed E-state index contributed by atoms with van der Waals surface area (Å²) in [6, 6.07) is 7.81. The molecule has 0 fully saturated rings. The largest absolute Gasteiger partial charge is 0.481 e. The molecule has 0 aliphatic carbocycles. The Balaban J connectivity index is 0.00000220. The molecule has 1 aromatic carbocycles. The van der Waals surface area contributed by atoms with Crippen LogP contribution >= 0.6 is 15.9 Å². The van der Waals surface area contributed by atoms with Gasteiger partial charge in [0.25, 0.3) is 0 Å². The van der Waals surface area contributed by atoms with Crippen LogP contribution in [0.25, 0.3) is 5.70 Å². The summed E-state index contributed by atoms with van der Waals surface area (Å²) in [6.07, 6.45) is 10.3. The molecule has 1 aliphatic rings. The quantitative estimate of drug-likeness (QED) is 0.542. The molecule has 21 heavy (non-hydrogen) atoms. The second-order valence-electron chi connectivity index (χ2n) is 4.19. The normalized spacial score (nSPS) is 13.8. The van der Waals surface area contributed by atoms with E-state index in [0.29, 0.717) is 0 Å². The Morgan fingerprint density at radius 1 is 1.38 bits per heavy atom. The summed E-state index contributed by atoms with van der Waals surface area (Å²) in [6.45, 7) is 7.28. The predicted octanol–water partition coefficient (Wildman–Crippen LogP) is 3.97. The fraction of sp³-hybridized carbons (Fsp3) is 0.176. The third-order valence-corrected chi connectivity index (χ3v) is 3.66. The zero-order valence-corrected chi connectivity index (χ0v) is 16.3. The summed E-state index contributed by atoms with van der Waals surface area (Å²) in [5, 5.41) is 0. The number of hydrogen-bond donors (Lipinski definition) is 0. The fourth-order valence-electron chi connectivity index (χ4n) is 1.98. The first-order valence-electron chi connectivity index (χ1n) is 6.30. The molecule has 0 spiro atoms. The summed E-state index contributed by atoms with van der Waals surface area (Å²) >= 11 is 3.48. The van der Waals surface area contributed by atoms with Gasteiger partial charge >= 0.3 is 0 Å². The van der Waals surface area contributed by atoms with Crippen LogP contribution in [0.4, 0.5) is 0 Å². The van der Waals surface area contributed by atoms with Crippen molar-refractivity contribution in [2.45, 2.75) is 6.92 Å². The second kappa shape index (κ2) is 8.58. The van der Waals surface area contributed by atoms with Crippen LogP contribution in [0.5, 0.6) is 5.75 Å². The molecule has 0 atom stereocenters. The molecule has 0 bridgehead atoms. The van der Waals surface area contributed by atoms with Crippen LogP contribution in [0.15, 0.2) is 47.1 Å². The van der Waals surface area contributed by atoms with Gasteiger partial charge in [0.15, 0.2) is 0 Å². The molecule has 105 valence electrons. The number of ether oxygens (including phenoxy) is 1. The van der Waals surface area contributed by atoms with Crippen molar-refractivity contribution in [1.82, 2.24) is 4.90 Å². The average molecular weight is 418 g/mol. The maximum Gasteiger partial charge on any atom is 0.148 e. The Hall–Kier alpha value is -0.816. The van der Waals surface area contributed by atoms with E-state index >= 15 is 0 Å². The standard InChI is InChI=1S/C17H15BrNO.Y/c1-4-12-20-15-8-6-14(7-9-15)17-11-10-16(18)13(3)19(17)5-2;/h1,6-10H,3,5,12H2,2H3;/q-1;. The van der Waals surface area contributed by atoms with Crippen LogP contribution in [0, 0.1) is 18.4 Å². The number of nitrogens with zero attached hydrogens (tertiary/aromatic N) is 1. The van der Waals surface area contributed by atoms with Crippen LogP contribution in [0.3, 0.4) is 0 Å². The summed E-state index contributed by atoms with van der Waals surface area (Å²) in [7, 11) is 0. The van der Waals surface area contributed by atoms with E-state index in [0.717, 1.165) is 33.7 Å². The Morgan fingerprint density at radius 2 is 2.05 bits per heavy atom. The van der Waals surface area contributed by atoms with E-state index < -0.39 is 0 Å². The van der Waals surface area contributed by atoms with Crippen molar-refractivity contribution >= 4 is 21.6 Å². The fourth-order valence-corrected chi connectivity index (χ4v) is 2.31. The van der Waals surface area contributed by atoms with Crippen LogP contribution in [0.2, 0.25) is 0 Å². The minimum atomic E-state index is 0. The second-order valence-corrected chi connectivity index (χ2v) is 5.05. The van der Waals surface area contributed by atoms with Gasteiger partial charge in [-0.3, -0.25) is 0 Å². The molecular formula is C17H15BrNOY-. The molecule has 1 aliphatic heterocycles. The van der Waals surface area contributed by atoms with E-state index in [1.165, 1.54) is 0 Å². The van der Waals surface area contributed by atoms with Crippen molar-refractivity contribution in [3.8, 4) is 18.1 Å². The number of terminal acetylenes is 1. The van der Waals surface area contributed by atoms with E-state index in [9.17, 15) is 0 Å². The predicted molar refractivity (Wildman–Crippen MR) is 86.0 cm³/mol. The Labute approximate surface area is 159 Å². The number of rotatable bonds is 4. The van der Waals surface area contributed by atoms with Gasteiger partial charge in [-0.25, -0.2) is 0 Å². The Morgan fingerprint density at radius 3 is 2.62 bits per heavy atom. The summed E-state index contributed by atoms with van der Waals surface area (Å²) < 4.78 is 6.33. The summed E-state index contributed by atoms with van der Waals surface area (Å²) in [5.41, 5.74) is 3.01. The first-order valence-corrected chi connectivity index (χ1v) is 7.09. The Bertz CT molecular complexity index is 611. The zero-order chi connectivity index (χ0) is 14.5. The maximum absolute atomic E-state index is 5.37. The molecule has 2 rings (SSSR count). The number of likely N-dealkylation sites (N-methyl/N-ethyl adjacent to an activating group) is 1. The van der Waals surface area contributed by atoms with Crippen molar-refractivity contribution in [2.24, 2.45) is 0 Å². The zero-order valence-electron chi connectivity index (χ0n) is 11.9. The van der Waals surface area contributed by atoms with Gasteiger partial charge in [0.1, 0.15) is 12.4 Å². The van der Waals surface area contributed by atoms with Crippen LogP contribution < -0.4 is 4.74 Å². The molecule has 1 radical (unpaired) electrons. The molecule has 0 amide bonds. The smallest absolute Gasteiger partial charge is 0.148 e. The van der Waals surface area contributed by atoms with E-state index in [1.54, 1.807) is 0 Å². The number of benzene rings is 1. The van der Waals surface area contributed by atoms with E-state index in [1.807, 2.05) is 30.3 Å². The van der Waals surface area contributed by atoms with Crippen molar-refractivity contribution in [1.29, 1.82) is 0 Å². The van der Waals surface area contributed by atoms with Crippen LogP contribution in [0.1, 0.15) is 12.5 Å². The molecule has 0 aromatic heterocycles. The van der Waals surface area contributed by atoms with E-state index in [-0.39, 0.29) is 39.3 Å². The summed E-state index contributed by atoms with van der Waals surface area (Å²) in [5.74, 6) is 3.21. The van der Waals surface area contributed by atoms with E-state index in [4.69, 9.17) is 11.2 Å². The SMILES string of the molecule is C#CCOc1ccc(C2=[C-]C=C(Br)C(=C)N2CC)cc1.[Y]. The Kier molecular flexibility index (Phi) is 7.45. The molecule has 2 nitrogen and oxygen atoms in total. The molecular weight excluding hydrogens is 403 g/mol. The molecule has 0 saturated heterocycles.